The highest BCUT2D eigenvalue weighted by Crippen LogP contribution is 2.38. The predicted octanol–water partition coefficient (Wildman–Crippen LogP) is 3.31. The number of benzene rings is 1. The molecule has 5 heteroatoms. The maximum absolute atomic E-state index is 6.30. The van der Waals surface area contributed by atoms with Crippen molar-refractivity contribution in [2.45, 2.75) is 36.3 Å². The van der Waals surface area contributed by atoms with E-state index in [4.69, 9.17) is 18.9 Å². The number of halogens is 1. The monoisotopic (exact) mass is 356 g/mol. The fourth-order valence-corrected chi connectivity index (χ4v) is 3.52. The first-order chi connectivity index (χ1) is 10.3. The quantitative estimate of drug-likeness (QED) is 0.775. The Morgan fingerprint density at radius 3 is 3.00 bits per heavy atom. The summed E-state index contributed by atoms with van der Waals surface area (Å²) in [5.41, 5.74) is 0.969. The molecular weight excluding hydrogens is 336 g/mol. The van der Waals surface area contributed by atoms with Crippen molar-refractivity contribution in [2.24, 2.45) is 0 Å². The van der Waals surface area contributed by atoms with Crippen LogP contribution in [0.3, 0.4) is 0 Å². The molecular formula is C16H21BrO4. The van der Waals surface area contributed by atoms with Crippen molar-refractivity contribution in [3.05, 3.63) is 23.8 Å². The normalized spacial score (nSPS) is 28.8. The van der Waals surface area contributed by atoms with Crippen LogP contribution < -0.4 is 9.47 Å². The van der Waals surface area contributed by atoms with E-state index in [-0.39, 0.29) is 11.7 Å². The van der Waals surface area contributed by atoms with Gasteiger partial charge in [-0.2, -0.15) is 0 Å². The average molecular weight is 357 g/mol. The van der Waals surface area contributed by atoms with E-state index in [1.165, 1.54) is 0 Å². The molecule has 0 amide bonds. The first-order valence-electron chi connectivity index (χ1n) is 7.36. The summed E-state index contributed by atoms with van der Waals surface area (Å²) in [7, 11) is 1.68. The molecule has 4 nitrogen and oxygen atoms in total. The summed E-state index contributed by atoms with van der Waals surface area (Å²) >= 11 is 3.52. The third kappa shape index (κ3) is 3.20. The van der Waals surface area contributed by atoms with Crippen LogP contribution in [0.25, 0.3) is 0 Å². The zero-order chi connectivity index (χ0) is 14.7. The molecule has 1 aromatic carbocycles. The maximum atomic E-state index is 6.30. The Hall–Kier alpha value is -0.780. The van der Waals surface area contributed by atoms with Gasteiger partial charge < -0.3 is 18.9 Å². The van der Waals surface area contributed by atoms with Crippen LogP contribution in [0.15, 0.2) is 18.2 Å². The van der Waals surface area contributed by atoms with E-state index in [9.17, 15) is 0 Å². The Morgan fingerprint density at radius 1 is 1.38 bits per heavy atom. The number of methoxy groups -OCH3 is 1. The van der Waals surface area contributed by atoms with Crippen LogP contribution in [0.4, 0.5) is 0 Å². The minimum Gasteiger partial charge on any atom is -0.493 e. The Labute approximate surface area is 133 Å². The number of alkyl halides is 1. The third-order valence-corrected chi connectivity index (χ3v) is 4.83. The molecule has 2 aliphatic rings. The minimum atomic E-state index is -0.139. The van der Waals surface area contributed by atoms with Crippen molar-refractivity contribution in [1.82, 2.24) is 0 Å². The summed E-state index contributed by atoms with van der Waals surface area (Å²) < 4.78 is 23.2. The van der Waals surface area contributed by atoms with Crippen molar-refractivity contribution in [3.8, 4) is 11.5 Å². The molecule has 2 unspecified atom stereocenters. The molecule has 0 bridgehead atoms. The Balaban J connectivity index is 1.77. The second-order valence-corrected chi connectivity index (χ2v) is 6.21. The van der Waals surface area contributed by atoms with E-state index in [0.717, 1.165) is 54.9 Å². The van der Waals surface area contributed by atoms with Gasteiger partial charge in [0.15, 0.2) is 11.5 Å². The van der Waals surface area contributed by atoms with Crippen LogP contribution >= 0.6 is 15.9 Å². The number of rotatable bonds is 4. The van der Waals surface area contributed by atoms with Crippen molar-refractivity contribution >= 4 is 15.9 Å². The molecule has 2 heterocycles. The molecule has 21 heavy (non-hydrogen) atoms. The summed E-state index contributed by atoms with van der Waals surface area (Å²) in [6.45, 7) is 2.20. The predicted molar refractivity (Wildman–Crippen MR) is 83.4 cm³/mol. The van der Waals surface area contributed by atoms with Crippen molar-refractivity contribution in [1.29, 1.82) is 0 Å². The van der Waals surface area contributed by atoms with Crippen molar-refractivity contribution < 1.29 is 18.9 Å². The zero-order valence-electron chi connectivity index (χ0n) is 12.3. The molecule has 0 aliphatic carbocycles. The Morgan fingerprint density at radius 2 is 2.29 bits per heavy atom. The molecule has 116 valence electrons. The molecule has 3 rings (SSSR count). The Bertz CT molecular complexity index is 463. The van der Waals surface area contributed by atoms with Gasteiger partial charge in [0.25, 0.3) is 0 Å². The van der Waals surface area contributed by atoms with Crippen LogP contribution in [0.2, 0.25) is 0 Å². The van der Waals surface area contributed by atoms with E-state index in [1.807, 2.05) is 12.1 Å². The van der Waals surface area contributed by atoms with Crippen LogP contribution in [0.5, 0.6) is 11.5 Å². The van der Waals surface area contributed by atoms with Gasteiger partial charge in [-0.25, -0.2) is 0 Å². The smallest absolute Gasteiger partial charge is 0.165 e. The average Bonchev–Trinajstić information content (AvgIpc) is 2.95. The topological polar surface area (TPSA) is 36.9 Å². The van der Waals surface area contributed by atoms with Gasteiger partial charge in [-0.15, -0.1) is 0 Å². The summed E-state index contributed by atoms with van der Waals surface area (Å²) in [6.07, 6.45) is 2.90. The molecule has 1 aromatic rings. The van der Waals surface area contributed by atoms with Gasteiger partial charge in [-0.1, -0.05) is 28.1 Å². The lowest BCUT2D eigenvalue weighted by atomic mass is 9.91. The molecule has 0 N–H and O–H groups in total. The second kappa shape index (κ2) is 6.55. The Kier molecular flexibility index (Phi) is 4.72. The number of hydrogen-bond donors (Lipinski definition) is 0. The van der Waals surface area contributed by atoms with Gasteiger partial charge in [0.05, 0.1) is 25.9 Å². The van der Waals surface area contributed by atoms with Gasteiger partial charge in [-0.05, 0) is 6.07 Å². The molecule has 2 fully saturated rings. The third-order valence-electron chi connectivity index (χ3n) is 4.22. The minimum absolute atomic E-state index is 0.139. The highest BCUT2D eigenvalue weighted by Gasteiger charge is 2.42. The number of ether oxygens (including phenoxy) is 4. The lowest BCUT2D eigenvalue weighted by molar-refractivity contribution is -0.112. The molecule has 2 aliphatic heterocycles. The highest BCUT2D eigenvalue weighted by molar-refractivity contribution is 9.08. The molecule has 1 spiro atoms. The van der Waals surface area contributed by atoms with Crippen molar-refractivity contribution in [3.63, 3.8) is 0 Å². The summed E-state index contributed by atoms with van der Waals surface area (Å²) in [5, 5.41) is 0.747. The zero-order valence-corrected chi connectivity index (χ0v) is 13.9. The molecule has 0 saturated carbocycles. The first kappa shape index (κ1) is 15.1. The largest absolute Gasteiger partial charge is 0.493 e. The lowest BCUT2D eigenvalue weighted by Crippen LogP contribution is -2.44. The van der Waals surface area contributed by atoms with Crippen LogP contribution in [-0.2, 0) is 14.8 Å². The van der Waals surface area contributed by atoms with Gasteiger partial charge in [0.2, 0.25) is 0 Å². The number of para-hydroxylation sites is 1. The standard InChI is InChI=1S/C16H21BrO4/c1-18-14-4-2-3-12(10-17)15(14)21-13-5-7-20-16(9-13)6-8-19-11-16/h2-4,13H,5-11H2,1H3. The van der Waals surface area contributed by atoms with E-state index in [1.54, 1.807) is 7.11 Å². The van der Waals surface area contributed by atoms with Crippen LogP contribution in [0.1, 0.15) is 24.8 Å². The molecule has 2 atom stereocenters. The fourth-order valence-electron chi connectivity index (χ4n) is 3.07. The fraction of sp³-hybridized carbons (Fsp3) is 0.625. The van der Waals surface area contributed by atoms with Gasteiger partial charge in [0.1, 0.15) is 6.10 Å². The molecule has 2 saturated heterocycles. The highest BCUT2D eigenvalue weighted by atomic mass is 79.9. The first-order valence-corrected chi connectivity index (χ1v) is 8.49. The van der Waals surface area contributed by atoms with E-state index >= 15 is 0 Å². The summed E-state index contributed by atoms with van der Waals surface area (Å²) in [4.78, 5) is 0. The second-order valence-electron chi connectivity index (χ2n) is 5.65. The van der Waals surface area contributed by atoms with Crippen molar-refractivity contribution in [2.75, 3.05) is 26.9 Å². The molecule has 0 aromatic heterocycles. The lowest BCUT2D eigenvalue weighted by Gasteiger charge is -2.37. The van der Waals surface area contributed by atoms with E-state index in [0.29, 0.717) is 6.61 Å². The summed E-state index contributed by atoms with van der Waals surface area (Å²) in [5.74, 6) is 1.63. The van der Waals surface area contributed by atoms with Crippen LogP contribution in [0, 0.1) is 0 Å². The van der Waals surface area contributed by atoms with Gasteiger partial charge in [0, 0.05) is 36.8 Å². The van der Waals surface area contributed by atoms with E-state index < -0.39 is 0 Å². The number of hydrogen-bond acceptors (Lipinski definition) is 4. The van der Waals surface area contributed by atoms with Gasteiger partial charge >= 0.3 is 0 Å². The summed E-state index contributed by atoms with van der Waals surface area (Å²) in [6, 6.07) is 5.98. The SMILES string of the molecule is COc1cccc(CBr)c1OC1CCOC2(CCOC2)C1. The molecule has 0 radical (unpaired) electrons. The maximum Gasteiger partial charge on any atom is 0.165 e. The van der Waals surface area contributed by atoms with E-state index in [2.05, 4.69) is 22.0 Å². The van der Waals surface area contributed by atoms with Crippen LogP contribution in [-0.4, -0.2) is 38.6 Å². The van der Waals surface area contributed by atoms with Gasteiger partial charge in [-0.3, -0.25) is 0 Å².